The minimum Gasteiger partial charge on any atom is -0.494 e. The molecule has 31 heavy (non-hydrogen) atoms. The summed E-state index contributed by atoms with van der Waals surface area (Å²) < 4.78 is 10.8. The zero-order chi connectivity index (χ0) is 22.4. The zero-order valence-electron chi connectivity index (χ0n) is 16.9. The molecule has 0 atom stereocenters. The van der Waals surface area contributed by atoms with Gasteiger partial charge in [0, 0.05) is 27.7 Å². The van der Waals surface area contributed by atoms with Gasteiger partial charge in [-0.25, -0.2) is 0 Å². The fraction of sp³-hybridized carbons (Fsp3) is 0.130. The smallest absolute Gasteiger partial charge is 0.255 e. The van der Waals surface area contributed by atoms with Crippen LogP contribution in [0.25, 0.3) is 0 Å². The number of hydrogen-bond donors (Lipinski definition) is 2. The molecule has 6 nitrogen and oxygen atoms in total. The highest BCUT2D eigenvalue weighted by Crippen LogP contribution is 2.37. The third-order valence-electron chi connectivity index (χ3n) is 4.45. The lowest BCUT2D eigenvalue weighted by Gasteiger charge is -2.16. The molecule has 0 unspecified atom stereocenters. The molecule has 0 aliphatic rings. The molecule has 0 aliphatic carbocycles. The molecular formula is C23H20Cl2N2O4. The van der Waals surface area contributed by atoms with E-state index in [1.807, 2.05) is 6.07 Å². The van der Waals surface area contributed by atoms with Gasteiger partial charge in [-0.1, -0.05) is 47.5 Å². The first kappa shape index (κ1) is 22.5. The first-order valence-electron chi connectivity index (χ1n) is 9.27. The lowest BCUT2D eigenvalue weighted by atomic mass is 10.1. The highest BCUT2D eigenvalue weighted by atomic mass is 35.5. The number of rotatable bonds is 7. The van der Waals surface area contributed by atoms with Crippen molar-refractivity contribution < 1.29 is 19.1 Å². The van der Waals surface area contributed by atoms with Crippen LogP contribution in [0.15, 0.2) is 60.7 Å². The van der Waals surface area contributed by atoms with Gasteiger partial charge >= 0.3 is 0 Å². The highest BCUT2D eigenvalue weighted by Gasteiger charge is 2.17. The van der Waals surface area contributed by atoms with Crippen LogP contribution in [0.3, 0.4) is 0 Å². The largest absolute Gasteiger partial charge is 0.494 e. The van der Waals surface area contributed by atoms with Crippen molar-refractivity contribution in [2.75, 3.05) is 24.9 Å². The summed E-state index contributed by atoms with van der Waals surface area (Å²) >= 11 is 12.1. The Hall–Kier alpha value is -3.22. The van der Waals surface area contributed by atoms with Crippen LogP contribution in [0, 0.1) is 0 Å². The van der Waals surface area contributed by atoms with Crippen LogP contribution in [-0.4, -0.2) is 26.0 Å². The molecule has 0 saturated carbocycles. The highest BCUT2D eigenvalue weighted by molar-refractivity contribution is 6.35. The molecule has 0 heterocycles. The Balaban J connectivity index is 1.81. The third-order valence-corrected chi connectivity index (χ3v) is 5.03. The second kappa shape index (κ2) is 10.2. The lowest BCUT2D eigenvalue weighted by Crippen LogP contribution is -2.16. The fourth-order valence-corrected chi connectivity index (χ4v) is 3.38. The van der Waals surface area contributed by atoms with Crippen molar-refractivity contribution in [3.63, 3.8) is 0 Å². The van der Waals surface area contributed by atoms with Gasteiger partial charge in [0.1, 0.15) is 11.5 Å². The Labute approximate surface area is 190 Å². The van der Waals surface area contributed by atoms with Gasteiger partial charge in [-0.05, 0) is 29.8 Å². The minimum absolute atomic E-state index is 0.0496. The van der Waals surface area contributed by atoms with E-state index in [0.29, 0.717) is 44.0 Å². The van der Waals surface area contributed by atoms with Crippen molar-refractivity contribution in [1.82, 2.24) is 0 Å². The molecule has 3 rings (SSSR count). The average molecular weight is 459 g/mol. The maximum absolute atomic E-state index is 12.6. The van der Waals surface area contributed by atoms with Gasteiger partial charge in [0.2, 0.25) is 5.91 Å². The number of ether oxygens (including phenoxy) is 2. The maximum Gasteiger partial charge on any atom is 0.255 e. The molecule has 0 aliphatic heterocycles. The van der Waals surface area contributed by atoms with Crippen LogP contribution in [0.5, 0.6) is 11.5 Å². The van der Waals surface area contributed by atoms with E-state index in [1.165, 1.54) is 14.2 Å². The van der Waals surface area contributed by atoms with Crippen LogP contribution in [-0.2, 0) is 11.2 Å². The second-order valence-corrected chi connectivity index (χ2v) is 7.38. The number of methoxy groups -OCH3 is 2. The number of halogens is 2. The first-order chi connectivity index (χ1) is 14.9. The molecule has 0 spiro atoms. The number of nitrogens with one attached hydrogen (secondary N) is 2. The molecule has 2 N–H and O–H groups in total. The summed E-state index contributed by atoms with van der Waals surface area (Å²) in [6, 6.07) is 16.9. The molecule has 0 bridgehead atoms. The van der Waals surface area contributed by atoms with Crippen molar-refractivity contribution in [3.8, 4) is 11.5 Å². The number of amides is 2. The fourth-order valence-electron chi connectivity index (χ4n) is 2.91. The number of hydrogen-bond acceptors (Lipinski definition) is 4. The average Bonchev–Trinajstić information content (AvgIpc) is 2.76. The molecule has 3 aromatic carbocycles. The molecule has 3 aromatic rings. The molecule has 160 valence electrons. The number of benzene rings is 3. The quantitative estimate of drug-likeness (QED) is 0.493. The molecule has 0 radical (unpaired) electrons. The van der Waals surface area contributed by atoms with Gasteiger partial charge < -0.3 is 20.1 Å². The van der Waals surface area contributed by atoms with E-state index in [0.717, 1.165) is 0 Å². The van der Waals surface area contributed by atoms with Crippen LogP contribution < -0.4 is 20.1 Å². The lowest BCUT2D eigenvalue weighted by molar-refractivity contribution is -0.115. The molecule has 2 amide bonds. The van der Waals surface area contributed by atoms with Crippen molar-refractivity contribution >= 4 is 46.4 Å². The van der Waals surface area contributed by atoms with E-state index in [9.17, 15) is 9.59 Å². The van der Waals surface area contributed by atoms with Gasteiger partial charge in [0.05, 0.1) is 32.0 Å². The van der Waals surface area contributed by atoms with Crippen LogP contribution in [0.4, 0.5) is 11.4 Å². The molecule has 0 aromatic heterocycles. The summed E-state index contributed by atoms with van der Waals surface area (Å²) in [5.74, 6) is 0.130. The van der Waals surface area contributed by atoms with E-state index < -0.39 is 0 Å². The summed E-state index contributed by atoms with van der Waals surface area (Å²) in [4.78, 5) is 25.1. The van der Waals surface area contributed by atoms with Gasteiger partial charge in [-0.2, -0.15) is 0 Å². The monoisotopic (exact) mass is 458 g/mol. The van der Waals surface area contributed by atoms with Gasteiger partial charge in [-0.3, -0.25) is 9.59 Å². The number of carbonyl (C=O) groups is 2. The zero-order valence-corrected chi connectivity index (χ0v) is 18.4. The van der Waals surface area contributed by atoms with Crippen LogP contribution in [0.2, 0.25) is 10.0 Å². The SMILES string of the molecule is COc1cc(NC(=O)c2ccccc2)c(OC)cc1NC(=O)Cc1ccc(Cl)cc1Cl. The topological polar surface area (TPSA) is 76.7 Å². The van der Waals surface area contributed by atoms with Crippen molar-refractivity contribution in [2.24, 2.45) is 0 Å². The van der Waals surface area contributed by atoms with Crippen LogP contribution in [0.1, 0.15) is 15.9 Å². The summed E-state index contributed by atoms with van der Waals surface area (Å²) in [5.41, 5.74) is 1.95. The number of anilines is 2. The Morgan fingerprint density at radius 2 is 1.45 bits per heavy atom. The summed E-state index contributed by atoms with van der Waals surface area (Å²) in [5, 5.41) is 6.49. The summed E-state index contributed by atoms with van der Waals surface area (Å²) in [6.45, 7) is 0. The van der Waals surface area contributed by atoms with Crippen molar-refractivity contribution in [3.05, 3.63) is 81.8 Å². The third kappa shape index (κ3) is 5.69. The van der Waals surface area contributed by atoms with Crippen molar-refractivity contribution in [2.45, 2.75) is 6.42 Å². The Morgan fingerprint density at radius 3 is 2.03 bits per heavy atom. The van der Waals surface area contributed by atoms with Crippen molar-refractivity contribution in [1.29, 1.82) is 0 Å². The standard InChI is InChI=1S/C23H20Cl2N2O4/c1-30-20-13-19(27-23(29)14-6-4-3-5-7-14)21(31-2)12-18(20)26-22(28)10-15-8-9-16(24)11-17(15)25/h3-9,11-13H,10H2,1-2H3,(H,26,28)(H,27,29). The van der Waals surface area contributed by atoms with E-state index in [-0.39, 0.29) is 18.2 Å². The van der Waals surface area contributed by atoms with Crippen LogP contribution >= 0.6 is 23.2 Å². The predicted octanol–water partition coefficient (Wildman–Crippen LogP) is 5.44. The normalized spacial score (nSPS) is 10.3. The molecule has 8 heteroatoms. The Kier molecular flexibility index (Phi) is 7.39. The van der Waals surface area contributed by atoms with Gasteiger partial charge in [0.15, 0.2) is 0 Å². The Morgan fingerprint density at radius 1 is 0.839 bits per heavy atom. The molecular weight excluding hydrogens is 439 g/mol. The van der Waals surface area contributed by atoms with E-state index in [4.69, 9.17) is 32.7 Å². The Bertz CT molecular complexity index is 1100. The molecule has 0 fully saturated rings. The maximum atomic E-state index is 12.6. The number of carbonyl (C=O) groups excluding carboxylic acids is 2. The predicted molar refractivity (Wildman–Crippen MR) is 123 cm³/mol. The van der Waals surface area contributed by atoms with E-state index >= 15 is 0 Å². The van der Waals surface area contributed by atoms with Gasteiger partial charge in [0.25, 0.3) is 5.91 Å². The summed E-state index contributed by atoms with van der Waals surface area (Å²) in [7, 11) is 2.94. The van der Waals surface area contributed by atoms with E-state index in [1.54, 1.807) is 54.6 Å². The molecule has 0 saturated heterocycles. The minimum atomic E-state index is -0.300. The first-order valence-corrected chi connectivity index (χ1v) is 10.0. The summed E-state index contributed by atoms with van der Waals surface area (Å²) in [6.07, 6.45) is 0.0496. The van der Waals surface area contributed by atoms with Gasteiger partial charge in [-0.15, -0.1) is 0 Å². The van der Waals surface area contributed by atoms with E-state index in [2.05, 4.69) is 10.6 Å². The second-order valence-electron chi connectivity index (χ2n) is 6.53.